The minimum atomic E-state index is -0.625. The summed E-state index contributed by atoms with van der Waals surface area (Å²) in [6.07, 6.45) is 0. The Morgan fingerprint density at radius 1 is 0.622 bits per heavy atom. The van der Waals surface area contributed by atoms with Crippen molar-refractivity contribution in [2.24, 2.45) is 11.8 Å². The summed E-state index contributed by atoms with van der Waals surface area (Å²) in [4.78, 5) is 62.6. The molecule has 12 nitrogen and oxygen atoms in total. The lowest BCUT2D eigenvalue weighted by Gasteiger charge is -2.33. The van der Waals surface area contributed by atoms with E-state index in [0.717, 1.165) is 0 Å². The molecule has 2 aliphatic rings. The van der Waals surface area contributed by atoms with Crippen LogP contribution in [0.2, 0.25) is 0 Å². The number of hydrogen-bond acceptors (Lipinski definition) is 9. The lowest BCUT2D eigenvalue weighted by atomic mass is 10.2. The zero-order valence-corrected chi connectivity index (χ0v) is 28.7. The second kappa shape index (κ2) is 16.3. The third-order valence-electron chi connectivity index (χ3n) is 7.75. The van der Waals surface area contributed by atoms with Gasteiger partial charge in [0.2, 0.25) is 11.5 Å². The lowest BCUT2D eigenvalue weighted by molar-refractivity contribution is -0.140. The Balaban J connectivity index is 0.00000353. The Morgan fingerprint density at radius 3 is 1.29 bits per heavy atom. The van der Waals surface area contributed by atoms with Crippen molar-refractivity contribution in [3.05, 3.63) is 35.7 Å². The van der Waals surface area contributed by atoms with Crippen molar-refractivity contribution in [2.75, 3.05) is 73.6 Å². The summed E-state index contributed by atoms with van der Waals surface area (Å²) in [5.74, 6) is -3.12. The first kappa shape index (κ1) is 37.9. The maximum atomic E-state index is 14.4. The highest BCUT2D eigenvalue weighted by molar-refractivity contribution is 6.06. The highest BCUT2D eigenvalue weighted by atomic mass is 35.5. The molecule has 2 aromatic rings. The van der Waals surface area contributed by atoms with Gasteiger partial charge < -0.3 is 33.8 Å². The molecule has 250 valence electrons. The number of carbonyl (C=O) groups is 4. The van der Waals surface area contributed by atoms with Crippen molar-refractivity contribution in [3.8, 4) is 22.9 Å². The third-order valence-corrected chi connectivity index (χ3v) is 7.75. The van der Waals surface area contributed by atoms with E-state index in [1.54, 1.807) is 68.9 Å². The summed E-state index contributed by atoms with van der Waals surface area (Å²) in [6.45, 7) is 11.0. The van der Waals surface area contributed by atoms with Crippen molar-refractivity contribution in [1.82, 2.24) is 24.2 Å². The predicted molar refractivity (Wildman–Crippen MR) is 175 cm³/mol. The maximum absolute atomic E-state index is 14.4. The zero-order chi connectivity index (χ0) is 31.4. The van der Waals surface area contributed by atoms with E-state index in [9.17, 15) is 19.2 Å². The number of amides is 2. The summed E-state index contributed by atoms with van der Waals surface area (Å²) in [5.41, 5.74) is 0.352. The molecule has 0 saturated carbocycles. The number of ether oxygens (including phenoxy) is 3. The first-order valence-electron chi connectivity index (χ1n) is 14.7. The Morgan fingerprint density at radius 2 is 0.978 bits per heavy atom. The van der Waals surface area contributed by atoms with Crippen LogP contribution in [0.4, 0.5) is 0 Å². The van der Waals surface area contributed by atoms with Gasteiger partial charge in [-0.15, -0.1) is 24.8 Å². The van der Waals surface area contributed by atoms with Crippen molar-refractivity contribution in [3.63, 3.8) is 0 Å². The predicted octanol–water partition coefficient (Wildman–Crippen LogP) is 3.23. The van der Waals surface area contributed by atoms with Gasteiger partial charge in [-0.25, -0.2) is 0 Å². The fourth-order valence-electron chi connectivity index (χ4n) is 4.85. The maximum Gasteiger partial charge on any atom is 0.313 e. The number of esters is 2. The van der Waals surface area contributed by atoms with E-state index in [1.807, 2.05) is 14.1 Å². The normalized spacial score (nSPS) is 15.8. The lowest BCUT2D eigenvalue weighted by Crippen LogP contribution is -2.48. The minimum Gasteiger partial charge on any atom is -0.497 e. The van der Waals surface area contributed by atoms with Crippen molar-refractivity contribution in [1.29, 1.82) is 0 Å². The average molecular weight is 671 g/mol. The zero-order valence-electron chi connectivity index (χ0n) is 27.0. The number of benzene rings is 1. The summed E-state index contributed by atoms with van der Waals surface area (Å²) in [5, 5.41) is 0. The molecule has 0 bridgehead atoms. The molecule has 2 fully saturated rings. The quantitative estimate of drug-likeness (QED) is 0.391. The molecule has 0 spiro atoms. The molecule has 4 rings (SSSR count). The molecule has 45 heavy (non-hydrogen) atoms. The van der Waals surface area contributed by atoms with E-state index in [4.69, 9.17) is 14.2 Å². The number of piperazine rings is 2. The van der Waals surface area contributed by atoms with E-state index in [1.165, 1.54) is 4.57 Å². The highest BCUT2D eigenvalue weighted by Gasteiger charge is 2.40. The first-order chi connectivity index (χ1) is 20.4. The molecular weight excluding hydrogens is 625 g/mol. The van der Waals surface area contributed by atoms with Crippen LogP contribution in [0.15, 0.2) is 24.3 Å². The number of likely N-dealkylation sites (N-methyl/N-ethyl adjacent to an activating group) is 2. The molecular formula is C31H45Cl2N5O7. The van der Waals surface area contributed by atoms with Crippen LogP contribution in [-0.2, 0) is 9.59 Å². The molecule has 2 amide bonds. The molecule has 0 aliphatic carbocycles. The van der Waals surface area contributed by atoms with Crippen LogP contribution in [0, 0.1) is 11.8 Å². The summed E-state index contributed by atoms with van der Waals surface area (Å²) >= 11 is 0. The molecule has 2 saturated heterocycles. The van der Waals surface area contributed by atoms with Gasteiger partial charge in [0.15, 0.2) is 11.4 Å². The Hall–Kier alpha value is -3.32. The standard InChI is InChI=1S/C31H43N5O7.2ClH/c1-20(2)30(39)42-26-24(28(37)34-16-12-32(5)13-17-34)36(22-8-10-23(41-7)11-9-22)25(27(26)43-31(40)21(3)4)29(38)35-18-14-33(6)15-19-35;;/h8-11,20-21H,12-19H2,1-7H3;2*1H. The van der Waals surface area contributed by atoms with Crippen molar-refractivity contribution < 1.29 is 33.4 Å². The van der Waals surface area contributed by atoms with Gasteiger partial charge in [-0.2, -0.15) is 0 Å². The number of methoxy groups -OCH3 is 1. The topological polar surface area (TPSA) is 114 Å². The molecule has 3 heterocycles. The number of hydrogen-bond donors (Lipinski definition) is 0. The number of nitrogens with zero attached hydrogens (tertiary/aromatic N) is 5. The molecule has 0 N–H and O–H groups in total. The summed E-state index contributed by atoms with van der Waals surface area (Å²) in [7, 11) is 5.50. The van der Waals surface area contributed by atoms with Crippen LogP contribution in [0.5, 0.6) is 17.2 Å². The van der Waals surface area contributed by atoms with E-state index in [2.05, 4.69) is 9.80 Å². The molecule has 0 unspecified atom stereocenters. The largest absolute Gasteiger partial charge is 0.497 e. The summed E-state index contributed by atoms with van der Waals surface area (Å²) < 4.78 is 18.6. The van der Waals surface area contributed by atoms with Gasteiger partial charge in [0, 0.05) is 58.0 Å². The molecule has 1 aromatic carbocycles. The second-order valence-corrected chi connectivity index (χ2v) is 11.7. The van der Waals surface area contributed by atoms with E-state index >= 15 is 0 Å². The van der Waals surface area contributed by atoms with Gasteiger partial charge in [0.1, 0.15) is 5.75 Å². The average Bonchev–Trinajstić information content (AvgIpc) is 3.30. The van der Waals surface area contributed by atoms with Crippen LogP contribution >= 0.6 is 24.8 Å². The SMILES string of the molecule is COc1ccc(-n2c(C(=O)N3CCN(C)CC3)c(OC(=O)C(C)C)c(OC(=O)C(C)C)c2C(=O)N2CCN(C)CC2)cc1.Cl.Cl. The van der Waals surface area contributed by atoms with Gasteiger partial charge in [-0.1, -0.05) is 27.7 Å². The molecule has 1 aromatic heterocycles. The first-order valence-corrected chi connectivity index (χ1v) is 14.7. The van der Waals surface area contributed by atoms with Crippen LogP contribution in [0.1, 0.15) is 48.7 Å². The van der Waals surface area contributed by atoms with E-state index in [0.29, 0.717) is 63.8 Å². The van der Waals surface area contributed by atoms with Crippen molar-refractivity contribution >= 4 is 48.6 Å². The molecule has 0 atom stereocenters. The van der Waals surface area contributed by atoms with Gasteiger partial charge >= 0.3 is 11.9 Å². The molecule has 2 aliphatic heterocycles. The fraction of sp³-hybridized carbons (Fsp3) is 0.548. The Bertz CT molecular complexity index is 1270. The van der Waals surface area contributed by atoms with Gasteiger partial charge in [-0.3, -0.25) is 23.7 Å². The second-order valence-electron chi connectivity index (χ2n) is 11.7. The Kier molecular flexibility index (Phi) is 13.7. The van der Waals surface area contributed by atoms with Gasteiger partial charge in [0.05, 0.1) is 18.9 Å². The third kappa shape index (κ3) is 8.49. The van der Waals surface area contributed by atoms with Crippen LogP contribution in [-0.4, -0.2) is 121 Å². The number of carbonyl (C=O) groups excluding carboxylic acids is 4. The van der Waals surface area contributed by atoms with Crippen LogP contribution in [0.25, 0.3) is 5.69 Å². The van der Waals surface area contributed by atoms with Crippen LogP contribution in [0.3, 0.4) is 0 Å². The minimum absolute atomic E-state index is 0. The number of halogens is 2. The molecule has 0 radical (unpaired) electrons. The van der Waals surface area contributed by atoms with Gasteiger partial charge in [0.25, 0.3) is 11.8 Å². The van der Waals surface area contributed by atoms with E-state index < -0.39 is 35.6 Å². The molecule has 14 heteroatoms. The number of aromatic nitrogens is 1. The van der Waals surface area contributed by atoms with Crippen LogP contribution < -0.4 is 14.2 Å². The van der Waals surface area contributed by atoms with E-state index in [-0.39, 0.29) is 47.7 Å². The smallest absolute Gasteiger partial charge is 0.313 e. The van der Waals surface area contributed by atoms with Crippen molar-refractivity contribution in [2.45, 2.75) is 27.7 Å². The van der Waals surface area contributed by atoms with Gasteiger partial charge in [-0.05, 0) is 38.4 Å². The monoisotopic (exact) mass is 669 g/mol. The highest BCUT2D eigenvalue weighted by Crippen LogP contribution is 2.43. The Labute approximate surface area is 277 Å². The fourth-order valence-corrected chi connectivity index (χ4v) is 4.85. The summed E-state index contributed by atoms with van der Waals surface area (Å²) in [6, 6.07) is 6.84. The number of rotatable bonds is 8.